The summed E-state index contributed by atoms with van der Waals surface area (Å²) in [5, 5.41) is 0. The maximum atomic E-state index is 12.4. The zero-order valence-electron chi connectivity index (χ0n) is 12.8. The lowest BCUT2D eigenvalue weighted by Gasteiger charge is -2.26. The van der Waals surface area contributed by atoms with Crippen molar-refractivity contribution in [3.63, 3.8) is 0 Å². The minimum Gasteiger partial charge on any atom is -0.497 e. The van der Waals surface area contributed by atoms with Crippen LogP contribution in [0.1, 0.15) is 43.5 Å². The van der Waals surface area contributed by atoms with Gasteiger partial charge in [-0.05, 0) is 43.4 Å². The molecule has 1 aliphatic heterocycles. The molecule has 0 unspecified atom stereocenters. The average Bonchev–Trinajstić information content (AvgIpc) is 2.91. The predicted octanol–water partition coefficient (Wildman–Crippen LogP) is 3.39. The van der Waals surface area contributed by atoms with Crippen LogP contribution in [0.25, 0.3) is 0 Å². The molecule has 1 aliphatic rings. The monoisotopic (exact) mass is 275 g/mol. The highest BCUT2D eigenvalue weighted by molar-refractivity contribution is 5.97. The average molecular weight is 275 g/mol. The van der Waals surface area contributed by atoms with E-state index < -0.39 is 0 Å². The van der Waals surface area contributed by atoms with Crippen LogP contribution in [0.2, 0.25) is 0 Å². The summed E-state index contributed by atoms with van der Waals surface area (Å²) in [5.74, 6) is 0.931. The van der Waals surface area contributed by atoms with Crippen molar-refractivity contribution in [2.75, 3.05) is 26.7 Å². The molecule has 1 aromatic rings. The van der Waals surface area contributed by atoms with E-state index in [1.54, 1.807) is 7.11 Å². The molecule has 1 heterocycles. The van der Waals surface area contributed by atoms with E-state index in [2.05, 4.69) is 18.7 Å². The summed E-state index contributed by atoms with van der Waals surface area (Å²) in [6, 6.07) is 7.43. The van der Waals surface area contributed by atoms with Gasteiger partial charge in [0.05, 0.1) is 13.7 Å². The van der Waals surface area contributed by atoms with Gasteiger partial charge >= 0.3 is 0 Å². The third-order valence-corrected chi connectivity index (χ3v) is 4.78. The molecule has 0 aromatic heterocycles. The van der Waals surface area contributed by atoms with E-state index in [4.69, 9.17) is 4.74 Å². The third kappa shape index (κ3) is 3.21. The van der Waals surface area contributed by atoms with Crippen molar-refractivity contribution in [2.45, 2.75) is 33.1 Å². The Bertz CT molecular complexity index is 466. The van der Waals surface area contributed by atoms with E-state index in [0.29, 0.717) is 12.0 Å². The van der Waals surface area contributed by atoms with Gasteiger partial charge in [0.25, 0.3) is 0 Å². The predicted molar refractivity (Wildman–Crippen MR) is 81.4 cm³/mol. The molecule has 3 nitrogen and oxygen atoms in total. The number of carbonyl (C=O) groups is 1. The maximum Gasteiger partial charge on any atom is 0.176 e. The highest BCUT2D eigenvalue weighted by Crippen LogP contribution is 2.36. The first kappa shape index (κ1) is 15.0. The smallest absolute Gasteiger partial charge is 0.176 e. The van der Waals surface area contributed by atoms with Crippen LogP contribution in [0.15, 0.2) is 24.3 Å². The Morgan fingerprint density at radius 3 is 2.70 bits per heavy atom. The number of benzene rings is 1. The van der Waals surface area contributed by atoms with Gasteiger partial charge < -0.3 is 4.74 Å². The molecule has 1 saturated heterocycles. The lowest BCUT2D eigenvalue weighted by atomic mass is 9.82. The Kier molecular flexibility index (Phi) is 4.81. The minimum atomic E-state index is 0.187. The molecule has 20 heavy (non-hydrogen) atoms. The molecule has 0 bridgehead atoms. The summed E-state index contributed by atoms with van der Waals surface area (Å²) in [4.78, 5) is 14.7. The first-order valence-electron chi connectivity index (χ1n) is 7.52. The van der Waals surface area contributed by atoms with Gasteiger partial charge in [-0.2, -0.15) is 0 Å². The molecule has 1 aromatic carbocycles. The third-order valence-electron chi connectivity index (χ3n) is 4.78. The molecular formula is C17H25NO2. The number of hydrogen-bond donors (Lipinski definition) is 0. The minimum absolute atomic E-state index is 0.187. The lowest BCUT2D eigenvalue weighted by molar-refractivity contribution is 0.0936. The van der Waals surface area contributed by atoms with Crippen molar-refractivity contribution in [1.29, 1.82) is 0 Å². The topological polar surface area (TPSA) is 29.5 Å². The number of likely N-dealkylation sites (tertiary alicyclic amines) is 1. The summed E-state index contributed by atoms with van der Waals surface area (Å²) in [5.41, 5.74) is 1.17. The van der Waals surface area contributed by atoms with Crippen LogP contribution in [0.5, 0.6) is 5.75 Å². The van der Waals surface area contributed by atoms with Crippen LogP contribution >= 0.6 is 0 Å². The van der Waals surface area contributed by atoms with Crippen molar-refractivity contribution in [2.24, 2.45) is 5.41 Å². The Morgan fingerprint density at radius 2 is 2.10 bits per heavy atom. The number of carbonyl (C=O) groups excluding carboxylic acids is 1. The van der Waals surface area contributed by atoms with Gasteiger partial charge in [0.1, 0.15) is 5.75 Å². The molecule has 1 fully saturated rings. The molecule has 3 heteroatoms. The number of Topliss-reactive ketones (excluding diaryl/α,β-unsaturated/α-hetero) is 1. The summed E-state index contributed by atoms with van der Waals surface area (Å²) < 4.78 is 5.18. The van der Waals surface area contributed by atoms with E-state index in [1.807, 2.05) is 24.3 Å². The summed E-state index contributed by atoms with van der Waals surface area (Å²) in [6.07, 6.45) is 3.62. The summed E-state index contributed by atoms with van der Waals surface area (Å²) in [6.45, 7) is 7.13. The molecule has 0 atom stereocenters. The fourth-order valence-electron chi connectivity index (χ4n) is 3.08. The Hall–Kier alpha value is -1.35. The molecule has 2 rings (SSSR count). The van der Waals surface area contributed by atoms with Crippen molar-refractivity contribution >= 4 is 5.78 Å². The van der Waals surface area contributed by atoms with Crippen molar-refractivity contribution < 1.29 is 9.53 Å². The highest BCUT2D eigenvalue weighted by Gasteiger charge is 2.35. The Balaban J connectivity index is 1.98. The molecule has 0 saturated carbocycles. The van der Waals surface area contributed by atoms with E-state index in [0.717, 1.165) is 24.4 Å². The SMILES string of the molecule is CCC1(CC)CCN(CC(=O)c2cccc(OC)c2)C1. The summed E-state index contributed by atoms with van der Waals surface area (Å²) in [7, 11) is 1.63. The number of ketones is 1. The zero-order chi connectivity index (χ0) is 14.6. The number of nitrogens with zero attached hydrogens (tertiary/aromatic N) is 1. The largest absolute Gasteiger partial charge is 0.497 e. The maximum absolute atomic E-state index is 12.4. The van der Waals surface area contributed by atoms with Crippen molar-refractivity contribution in [3.05, 3.63) is 29.8 Å². The lowest BCUT2D eigenvalue weighted by Crippen LogP contribution is -2.30. The second kappa shape index (κ2) is 6.40. The van der Waals surface area contributed by atoms with Gasteiger partial charge in [0.15, 0.2) is 5.78 Å². The number of rotatable bonds is 6. The molecule has 0 spiro atoms. The molecule has 110 valence electrons. The fourth-order valence-corrected chi connectivity index (χ4v) is 3.08. The van der Waals surface area contributed by atoms with Crippen molar-refractivity contribution in [3.8, 4) is 5.75 Å². The summed E-state index contributed by atoms with van der Waals surface area (Å²) >= 11 is 0. The Morgan fingerprint density at radius 1 is 1.35 bits per heavy atom. The van der Waals surface area contributed by atoms with Gasteiger partial charge in [-0.3, -0.25) is 9.69 Å². The van der Waals surface area contributed by atoms with Crippen LogP contribution in [-0.4, -0.2) is 37.4 Å². The van der Waals surface area contributed by atoms with Gasteiger partial charge in [0.2, 0.25) is 0 Å². The van der Waals surface area contributed by atoms with Crippen LogP contribution in [0, 0.1) is 5.41 Å². The quantitative estimate of drug-likeness (QED) is 0.745. The first-order valence-corrected chi connectivity index (χ1v) is 7.52. The fraction of sp³-hybridized carbons (Fsp3) is 0.588. The van der Waals surface area contributed by atoms with Crippen LogP contribution in [-0.2, 0) is 0 Å². The standard InChI is InChI=1S/C17H25NO2/c1-4-17(5-2)9-10-18(13-17)12-16(19)14-7-6-8-15(11-14)20-3/h6-8,11H,4-5,9-10,12-13H2,1-3H3. The van der Waals surface area contributed by atoms with E-state index in [9.17, 15) is 4.79 Å². The van der Waals surface area contributed by atoms with Crippen LogP contribution in [0.4, 0.5) is 0 Å². The molecule has 0 amide bonds. The van der Waals surface area contributed by atoms with Crippen molar-refractivity contribution in [1.82, 2.24) is 4.90 Å². The second-order valence-electron chi connectivity index (χ2n) is 5.82. The van der Waals surface area contributed by atoms with Crippen LogP contribution in [0.3, 0.4) is 0 Å². The van der Waals surface area contributed by atoms with Gasteiger partial charge in [-0.15, -0.1) is 0 Å². The second-order valence-corrected chi connectivity index (χ2v) is 5.82. The zero-order valence-corrected chi connectivity index (χ0v) is 12.8. The van der Waals surface area contributed by atoms with Gasteiger partial charge in [-0.25, -0.2) is 0 Å². The molecular weight excluding hydrogens is 250 g/mol. The van der Waals surface area contributed by atoms with E-state index in [1.165, 1.54) is 19.3 Å². The Labute approximate surface area is 121 Å². The molecule has 0 N–H and O–H groups in total. The highest BCUT2D eigenvalue weighted by atomic mass is 16.5. The van der Waals surface area contributed by atoms with Crippen LogP contribution < -0.4 is 4.74 Å². The molecule has 0 radical (unpaired) electrons. The van der Waals surface area contributed by atoms with E-state index >= 15 is 0 Å². The number of methoxy groups -OCH3 is 1. The number of hydrogen-bond acceptors (Lipinski definition) is 3. The number of ether oxygens (including phenoxy) is 1. The van der Waals surface area contributed by atoms with Gasteiger partial charge in [-0.1, -0.05) is 26.0 Å². The van der Waals surface area contributed by atoms with E-state index in [-0.39, 0.29) is 5.78 Å². The van der Waals surface area contributed by atoms with Gasteiger partial charge in [0, 0.05) is 12.1 Å². The first-order chi connectivity index (χ1) is 9.62. The normalized spacial score (nSPS) is 18.1. The molecule has 0 aliphatic carbocycles.